The van der Waals surface area contributed by atoms with Crippen LogP contribution in [-0.2, 0) is 0 Å². The summed E-state index contributed by atoms with van der Waals surface area (Å²) in [6.07, 6.45) is 2.27. The number of nitrogens with one attached hydrogen (secondary N) is 1. The van der Waals surface area contributed by atoms with E-state index in [1.165, 1.54) is 18.5 Å². The lowest BCUT2D eigenvalue weighted by molar-refractivity contribution is -0.00798. The number of aliphatic hydroxyl groups is 1. The number of ether oxygens (including phenoxy) is 1. The Morgan fingerprint density at radius 1 is 1.48 bits per heavy atom. The maximum absolute atomic E-state index is 13.4. The molecule has 2 unspecified atom stereocenters. The molecule has 1 saturated heterocycles. The molecular formula is C16H20FN2O4. The van der Waals surface area contributed by atoms with Crippen LogP contribution in [-0.4, -0.2) is 46.7 Å². The maximum Gasteiger partial charge on any atom is 0.182 e. The van der Waals surface area contributed by atoms with Crippen molar-refractivity contribution in [1.29, 1.82) is 0 Å². The lowest BCUT2D eigenvalue weighted by Crippen LogP contribution is -2.43. The van der Waals surface area contributed by atoms with Gasteiger partial charge in [-0.3, -0.25) is 0 Å². The summed E-state index contributed by atoms with van der Waals surface area (Å²) in [5.41, 5.74) is -0.250. The Labute approximate surface area is 133 Å². The van der Waals surface area contributed by atoms with Crippen LogP contribution in [0.15, 0.2) is 22.9 Å². The Hall–Kier alpha value is -1.86. The van der Waals surface area contributed by atoms with Crippen molar-refractivity contribution in [3.8, 4) is 11.5 Å². The molecule has 0 saturated carbocycles. The standard InChI is InChI=1S/C16H20FN2O4/c1-16(21,5-10-2-11(17)7-18-6-10)8-22-13-3-12(20)4-14-15(13)19-9-23-14/h2-4,9-11,18,20-21H,5-8H2,1H3/t10?,11?,16-/m0/s1. The zero-order valence-corrected chi connectivity index (χ0v) is 12.8. The van der Waals surface area contributed by atoms with Gasteiger partial charge in [-0.05, 0) is 25.8 Å². The van der Waals surface area contributed by atoms with Crippen molar-refractivity contribution in [1.82, 2.24) is 10.3 Å². The van der Waals surface area contributed by atoms with E-state index in [2.05, 4.69) is 10.3 Å². The molecule has 23 heavy (non-hydrogen) atoms. The van der Waals surface area contributed by atoms with Gasteiger partial charge in [0.1, 0.15) is 18.5 Å². The second kappa shape index (κ2) is 6.33. The molecule has 0 bridgehead atoms. The molecule has 1 aliphatic rings. The van der Waals surface area contributed by atoms with Gasteiger partial charge in [0.15, 0.2) is 23.2 Å². The Kier molecular flexibility index (Phi) is 4.41. The minimum absolute atomic E-state index is 0.000292. The summed E-state index contributed by atoms with van der Waals surface area (Å²) < 4.78 is 24.1. The summed E-state index contributed by atoms with van der Waals surface area (Å²) in [5.74, 6) is 0.269. The highest BCUT2D eigenvalue weighted by Gasteiger charge is 2.30. The van der Waals surface area contributed by atoms with Crippen molar-refractivity contribution in [3.05, 3.63) is 24.9 Å². The first-order chi connectivity index (χ1) is 10.9. The first-order valence-electron chi connectivity index (χ1n) is 7.54. The van der Waals surface area contributed by atoms with Crippen LogP contribution in [0, 0.1) is 12.3 Å². The third kappa shape index (κ3) is 3.92. The molecule has 7 heteroatoms. The zero-order chi connectivity index (χ0) is 16.4. The summed E-state index contributed by atoms with van der Waals surface area (Å²) in [6.45, 7) is 2.60. The largest absolute Gasteiger partial charge is 0.508 e. The van der Waals surface area contributed by atoms with Crippen LogP contribution in [0.2, 0.25) is 0 Å². The van der Waals surface area contributed by atoms with Crippen LogP contribution in [0.5, 0.6) is 11.5 Å². The highest BCUT2D eigenvalue weighted by molar-refractivity contribution is 5.81. The normalized spacial score (nSPS) is 24.5. The third-order valence-corrected chi connectivity index (χ3v) is 3.85. The van der Waals surface area contributed by atoms with Crippen LogP contribution in [0.25, 0.3) is 11.1 Å². The van der Waals surface area contributed by atoms with Crippen LogP contribution in [0.1, 0.15) is 13.3 Å². The van der Waals surface area contributed by atoms with Crippen LogP contribution < -0.4 is 10.1 Å². The summed E-state index contributed by atoms with van der Waals surface area (Å²) in [7, 11) is 0. The number of benzene rings is 1. The van der Waals surface area contributed by atoms with E-state index in [1.54, 1.807) is 13.3 Å². The number of hydrogen-bond donors (Lipinski definition) is 3. The summed E-state index contributed by atoms with van der Waals surface area (Å²) in [4.78, 5) is 4.04. The molecule has 3 atom stereocenters. The number of phenols is 1. The summed E-state index contributed by atoms with van der Waals surface area (Å²) in [6, 6.07) is 2.87. The van der Waals surface area contributed by atoms with E-state index in [0.717, 1.165) is 0 Å². The highest BCUT2D eigenvalue weighted by atomic mass is 19.1. The van der Waals surface area contributed by atoms with Gasteiger partial charge in [-0.25, -0.2) is 9.37 Å². The molecule has 1 aromatic heterocycles. The van der Waals surface area contributed by atoms with Gasteiger partial charge in [-0.2, -0.15) is 0 Å². The molecule has 3 N–H and O–H groups in total. The number of aromatic hydroxyl groups is 1. The molecule has 6 nitrogen and oxygen atoms in total. The smallest absolute Gasteiger partial charge is 0.182 e. The Bertz CT molecular complexity index is 673. The van der Waals surface area contributed by atoms with Crippen LogP contribution in [0.3, 0.4) is 0 Å². The number of phenolic OH excluding ortho intramolecular Hbond substituents is 1. The monoisotopic (exact) mass is 323 g/mol. The lowest BCUT2D eigenvalue weighted by atomic mass is 9.87. The van der Waals surface area contributed by atoms with Crippen molar-refractivity contribution in [3.63, 3.8) is 0 Å². The van der Waals surface area contributed by atoms with Gasteiger partial charge in [0.05, 0.1) is 5.60 Å². The van der Waals surface area contributed by atoms with E-state index in [1.807, 2.05) is 0 Å². The topological polar surface area (TPSA) is 87.8 Å². The van der Waals surface area contributed by atoms with Crippen molar-refractivity contribution in [2.45, 2.75) is 25.1 Å². The molecule has 3 rings (SSSR count). The molecule has 0 spiro atoms. The number of fused-ring (bicyclic) bond motifs is 1. The second-order valence-corrected chi connectivity index (χ2v) is 6.26. The maximum atomic E-state index is 13.4. The summed E-state index contributed by atoms with van der Waals surface area (Å²) >= 11 is 0. The van der Waals surface area contributed by atoms with Crippen molar-refractivity contribution in [2.24, 2.45) is 5.92 Å². The first kappa shape index (κ1) is 16.0. The number of halogens is 1. The van der Waals surface area contributed by atoms with E-state index in [-0.39, 0.29) is 18.3 Å². The van der Waals surface area contributed by atoms with E-state index in [0.29, 0.717) is 36.4 Å². The number of rotatable bonds is 5. The molecule has 0 amide bonds. The van der Waals surface area contributed by atoms with E-state index >= 15 is 0 Å². The number of nitrogens with zero attached hydrogens (tertiary/aromatic N) is 1. The van der Waals surface area contributed by atoms with Crippen LogP contribution >= 0.6 is 0 Å². The Balaban J connectivity index is 1.64. The SMILES string of the molecule is C[C@@](O)(COc1cc(O)cc2ocnc12)CC1[CH]C(F)CNC1. The number of aromatic nitrogens is 1. The second-order valence-electron chi connectivity index (χ2n) is 6.26. The molecule has 1 aromatic carbocycles. The van der Waals surface area contributed by atoms with Crippen LogP contribution in [0.4, 0.5) is 4.39 Å². The number of oxazole rings is 1. The van der Waals surface area contributed by atoms with Gasteiger partial charge in [0.2, 0.25) is 0 Å². The van der Waals surface area contributed by atoms with Crippen molar-refractivity contribution in [2.75, 3.05) is 19.7 Å². The first-order valence-corrected chi connectivity index (χ1v) is 7.54. The number of alkyl halides is 1. The third-order valence-electron chi connectivity index (χ3n) is 3.85. The molecule has 1 radical (unpaired) electrons. The predicted molar refractivity (Wildman–Crippen MR) is 82.0 cm³/mol. The molecule has 2 heterocycles. The average Bonchev–Trinajstić information content (AvgIpc) is 2.92. The van der Waals surface area contributed by atoms with Crippen molar-refractivity contribution >= 4 is 11.1 Å². The number of piperidine rings is 1. The fourth-order valence-corrected chi connectivity index (χ4v) is 2.87. The van der Waals surface area contributed by atoms with E-state index < -0.39 is 11.8 Å². The average molecular weight is 323 g/mol. The molecule has 1 aliphatic heterocycles. The molecule has 2 aromatic rings. The minimum atomic E-state index is -1.14. The van der Waals surface area contributed by atoms with Gasteiger partial charge in [0, 0.05) is 25.1 Å². The zero-order valence-electron chi connectivity index (χ0n) is 12.8. The fourth-order valence-electron chi connectivity index (χ4n) is 2.87. The molecule has 0 aliphatic carbocycles. The highest BCUT2D eigenvalue weighted by Crippen LogP contribution is 2.31. The predicted octanol–water partition coefficient (Wildman–Crippen LogP) is 1.82. The quantitative estimate of drug-likeness (QED) is 0.778. The Morgan fingerprint density at radius 2 is 2.30 bits per heavy atom. The molecular weight excluding hydrogens is 303 g/mol. The molecule has 125 valence electrons. The van der Waals surface area contributed by atoms with Gasteiger partial charge in [-0.1, -0.05) is 0 Å². The fraction of sp³-hybridized carbons (Fsp3) is 0.500. The van der Waals surface area contributed by atoms with Gasteiger partial charge in [0.25, 0.3) is 0 Å². The Morgan fingerprint density at radius 3 is 3.09 bits per heavy atom. The van der Waals surface area contributed by atoms with Gasteiger partial charge in [-0.15, -0.1) is 0 Å². The van der Waals surface area contributed by atoms with Crippen molar-refractivity contribution < 1.29 is 23.8 Å². The van der Waals surface area contributed by atoms with E-state index in [9.17, 15) is 14.6 Å². The lowest BCUT2D eigenvalue weighted by Gasteiger charge is -2.32. The number of hydrogen-bond acceptors (Lipinski definition) is 6. The summed E-state index contributed by atoms with van der Waals surface area (Å²) in [5, 5.41) is 23.2. The van der Waals surface area contributed by atoms with Gasteiger partial charge >= 0.3 is 0 Å². The van der Waals surface area contributed by atoms with E-state index in [4.69, 9.17) is 9.15 Å². The minimum Gasteiger partial charge on any atom is -0.508 e. The molecule has 1 fully saturated rings. The van der Waals surface area contributed by atoms with Gasteiger partial charge < -0.3 is 24.7 Å².